The van der Waals surface area contributed by atoms with Gasteiger partial charge in [0.05, 0.1) is 4.90 Å². The summed E-state index contributed by atoms with van der Waals surface area (Å²) in [5.74, 6) is -0.459. The van der Waals surface area contributed by atoms with Crippen molar-refractivity contribution in [3.8, 4) is 0 Å². The van der Waals surface area contributed by atoms with Crippen molar-refractivity contribution in [2.45, 2.75) is 17.4 Å². The third-order valence-electron chi connectivity index (χ3n) is 3.68. The van der Waals surface area contributed by atoms with Gasteiger partial charge in [-0.2, -0.15) is 0 Å². The second-order valence-electron chi connectivity index (χ2n) is 5.61. The fourth-order valence-corrected chi connectivity index (χ4v) is 3.30. The molecule has 2 aromatic carbocycles. The number of sulfonamides is 1. The molecule has 6 heteroatoms. The Hall–Kier alpha value is -1.76. The third-order valence-corrected chi connectivity index (χ3v) is 5.12. The summed E-state index contributed by atoms with van der Waals surface area (Å²) in [6, 6.07) is 14.7. The van der Waals surface area contributed by atoms with Gasteiger partial charge in [-0.3, -0.25) is 0 Å². The van der Waals surface area contributed by atoms with Gasteiger partial charge >= 0.3 is 0 Å². The highest BCUT2D eigenvalue weighted by molar-refractivity contribution is 7.89. The van der Waals surface area contributed by atoms with Crippen molar-refractivity contribution in [1.29, 1.82) is 0 Å². The van der Waals surface area contributed by atoms with Crippen LogP contribution >= 0.6 is 0 Å². The van der Waals surface area contributed by atoms with Gasteiger partial charge in [0.1, 0.15) is 5.82 Å². The first-order valence-corrected chi connectivity index (χ1v) is 8.82. The largest absolute Gasteiger partial charge is 0.305 e. The van der Waals surface area contributed by atoms with Crippen molar-refractivity contribution in [3.63, 3.8) is 0 Å². The fraction of sp³-hybridized carbons (Fsp3) is 0.294. The molecular weight excluding hydrogens is 315 g/mol. The summed E-state index contributed by atoms with van der Waals surface area (Å²) in [5, 5.41) is 0. The zero-order chi connectivity index (χ0) is 16.9. The van der Waals surface area contributed by atoms with E-state index in [1.807, 2.05) is 49.3 Å². The fourth-order valence-electron chi connectivity index (χ4n) is 2.23. The normalized spacial score (nSPS) is 13.2. The molecule has 0 heterocycles. The molecule has 0 aliphatic carbocycles. The molecule has 0 amide bonds. The van der Waals surface area contributed by atoms with E-state index in [2.05, 4.69) is 4.72 Å². The van der Waals surface area contributed by atoms with Crippen molar-refractivity contribution >= 4 is 10.0 Å². The summed E-state index contributed by atoms with van der Waals surface area (Å²) in [5.41, 5.74) is 1.15. The Balaban J connectivity index is 2.04. The monoisotopic (exact) mass is 336 g/mol. The molecule has 1 unspecified atom stereocenters. The van der Waals surface area contributed by atoms with E-state index in [0.717, 1.165) is 24.1 Å². The molecule has 0 bridgehead atoms. The van der Waals surface area contributed by atoms with Crippen LogP contribution in [0.3, 0.4) is 0 Å². The zero-order valence-electron chi connectivity index (χ0n) is 13.2. The second-order valence-corrected chi connectivity index (χ2v) is 7.38. The van der Waals surface area contributed by atoms with E-state index >= 15 is 0 Å². The highest BCUT2D eigenvalue weighted by Gasteiger charge is 2.18. The van der Waals surface area contributed by atoms with Crippen molar-refractivity contribution in [2.75, 3.05) is 20.6 Å². The van der Waals surface area contributed by atoms with E-state index in [9.17, 15) is 12.8 Å². The number of benzene rings is 2. The van der Waals surface area contributed by atoms with Crippen molar-refractivity contribution in [2.24, 2.45) is 0 Å². The number of rotatable bonds is 7. The highest BCUT2D eigenvalue weighted by atomic mass is 32.2. The topological polar surface area (TPSA) is 49.4 Å². The van der Waals surface area contributed by atoms with Gasteiger partial charge in [-0.1, -0.05) is 30.3 Å². The first-order chi connectivity index (χ1) is 10.9. The lowest BCUT2D eigenvalue weighted by atomic mass is 10.1. The van der Waals surface area contributed by atoms with Gasteiger partial charge in [-0.25, -0.2) is 17.5 Å². The maximum Gasteiger partial charge on any atom is 0.240 e. The van der Waals surface area contributed by atoms with Crippen molar-refractivity contribution in [1.82, 2.24) is 9.62 Å². The summed E-state index contributed by atoms with van der Waals surface area (Å²) in [7, 11) is 0.192. The van der Waals surface area contributed by atoms with E-state index < -0.39 is 15.8 Å². The molecule has 2 rings (SSSR count). The highest BCUT2D eigenvalue weighted by Crippen LogP contribution is 2.11. The minimum atomic E-state index is -3.64. The summed E-state index contributed by atoms with van der Waals surface area (Å²) < 4.78 is 40.1. The molecule has 0 radical (unpaired) electrons. The van der Waals surface area contributed by atoms with Crippen LogP contribution in [0.15, 0.2) is 59.5 Å². The molecule has 1 N–H and O–H groups in total. The Morgan fingerprint density at radius 2 is 1.65 bits per heavy atom. The number of hydrogen-bond donors (Lipinski definition) is 1. The molecule has 0 saturated heterocycles. The van der Waals surface area contributed by atoms with Gasteiger partial charge in [0.2, 0.25) is 10.0 Å². The summed E-state index contributed by atoms with van der Waals surface area (Å²) in [6.45, 7) is 0.279. The number of hydrogen-bond acceptors (Lipinski definition) is 3. The first-order valence-electron chi connectivity index (χ1n) is 7.34. The number of likely N-dealkylation sites (N-methyl/N-ethyl adjacent to an activating group) is 1. The summed E-state index contributed by atoms with van der Waals surface area (Å²) in [4.78, 5) is 2.05. The average molecular weight is 336 g/mol. The van der Waals surface area contributed by atoms with Gasteiger partial charge in [-0.05, 0) is 50.3 Å². The van der Waals surface area contributed by atoms with Crippen LogP contribution in [-0.2, 0) is 16.4 Å². The Kier molecular flexibility index (Phi) is 5.87. The number of halogens is 1. The standard InChI is InChI=1S/C17H21FN2O2S/c1-20(2)16(12-14-6-4-3-5-7-14)13-19-23(21,22)17-10-8-15(18)9-11-17/h3-11,16,19H,12-13H2,1-2H3. The van der Waals surface area contributed by atoms with Gasteiger partial charge in [-0.15, -0.1) is 0 Å². The van der Waals surface area contributed by atoms with Gasteiger partial charge in [0.25, 0.3) is 0 Å². The Bertz CT molecular complexity index is 716. The smallest absolute Gasteiger partial charge is 0.240 e. The van der Waals surface area contributed by atoms with Crippen LogP contribution in [0.2, 0.25) is 0 Å². The molecule has 0 spiro atoms. The molecule has 0 aliphatic rings. The zero-order valence-corrected chi connectivity index (χ0v) is 14.1. The predicted molar refractivity (Wildman–Crippen MR) is 89.2 cm³/mol. The molecule has 0 aromatic heterocycles. The Morgan fingerprint density at radius 1 is 1.04 bits per heavy atom. The lowest BCUT2D eigenvalue weighted by molar-refractivity contribution is 0.291. The lowest BCUT2D eigenvalue weighted by Crippen LogP contribution is -2.41. The average Bonchev–Trinajstić information content (AvgIpc) is 2.52. The quantitative estimate of drug-likeness (QED) is 0.844. The first kappa shape index (κ1) is 17.6. The van der Waals surface area contributed by atoms with Crippen LogP contribution in [0.25, 0.3) is 0 Å². The van der Waals surface area contributed by atoms with Gasteiger partial charge in [0, 0.05) is 12.6 Å². The van der Waals surface area contributed by atoms with E-state index in [4.69, 9.17) is 0 Å². The lowest BCUT2D eigenvalue weighted by Gasteiger charge is -2.24. The van der Waals surface area contributed by atoms with Crippen LogP contribution in [0.1, 0.15) is 5.56 Å². The predicted octanol–water partition coefficient (Wildman–Crippen LogP) is 2.28. The molecular formula is C17H21FN2O2S. The van der Waals surface area contributed by atoms with Crippen molar-refractivity contribution < 1.29 is 12.8 Å². The van der Waals surface area contributed by atoms with E-state index in [0.29, 0.717) is 0 Å². The van der Waals surface area contributed by atoms with Gasteiger partial charge < -0.3 is 4.90 Å². The number of nitrogens with zero attached hydrogens (tertiary/aromatic N) is 1. The minimum Gasteiger partial charge on any atom is -0.305 e. The van der Waals surface area contributed by atoms with Crippen LogP contribution in [0.5, 0.6) is 0 Å². The number of nitrogens with one attached hydrogen (secondary N) is 1. The third kappa shape index (κ3) is 5.13. The molecule has 0 saturated carbocycles. The maximum atomic E-state index is 12.9. The molecule has 0 fully saturated rings. The van der Waals surface area contributed by atoms with Gasteiger partial charge in [0.15, 0.2) is 0 Å². The Labute approximate surface area is 137 Å². The van der Waals surface area contributed by atoms with Crippen LogP contribution in [-0.4, -0.2) is 40.0 Å². The summed E-state index contributed by atoms with van der Waals surface area (Å²) in [6.07, 6.45) is 0.736. The maximum absolute atomic E-state index is 12.9. The van der Waals surface area contributed by atoms with Crippen LogP contribution in [0.4, 0.5) is 4.39 Å². The summed E-state index contributed by atoms with van der Waals surface area (Å²) >= 11 is 0. The van der Waals surface area contributed by atoms with E-state index in [-0.39, 0.29) is 17.5 Å². The molecule has 4 nitrogen and oxygen atoms in total. The molecule has 2 aromatic rings. The van der Waals surface area contributed by atoms with E-state index in [1.54, 1.807) is 0 Å². The van der Waals surface area contributed by atoms with Crippen LogP contribution in [0, 0.1) is 5.82 Å². The molecule has 1 atom stereocenters. The van der Waals surface area contributed by atoms with Crippen molar-refractivity contribution in [3.05, 3.63) is 66.0 Å². The Morgan fingerprint density at radius 3 is 2.22 bits per heavy atom. The molecule has 23 heavy (non-hydrogen) atoms. The minimum absolute atomic E-state index is 0.0209. The molecule has 124 valence electrons. The SMILES string of the molecule is CN(C)C(CNS(=O)(=O)c1ccc(F)cc1)Cc1ccccc1. The van der Waals surface area contributed by atoms with Crippen LogP contribution < -0.4 is 4.72 Å². The second kappa shape index (κ2) is 7.68. The molecule has 0 aliphatic heterocycles. The van der Waals surface area contributed by atoms with E-state index in [1.165, 1.54) is 12.1 Å².